The van der Waals surface area contributed by atoms with E-state index in [1.807, 2.05) is 6.92 Å². The molecule has 0 atom stereocenters. The quantitative estimate of drug-likeness (QED) is 0.313. The van der Waals surface area contributed by atoms with Crippen LogP contribution in [0.4, 0.5) is 11.4 Å². The van der Waals surface area contributed by atoms with Gasteiger partial charge in [0.15, 0.2) is 13.2 Å². The van der Waals surface area contributed by atoms with Gasteiger partial charge in [0.05, 0.1) is 37.1 Å². The van der Waals surface area contributed by atoms with Crippen molar-refractivity contribution in [1.29, 1.82) is 0 Å². The molecule has 0 unspecified atom stereocenters. The minimum atomic E-state index is -3.80. The standard InChI is InChI=1S/C27H30N2O9S/c1-5-36-20-10-13-23(14-11-20)39(32,33)29(2)19-6-8-21(9-7-19)37-18-27(31)38-17-26(30)28-24-15-12-22(34-3)16-25(24)35-4/h6-16H,5,17-18H2,1-4H3,(H,28,30). The van der Waals surface area contributed by atoms with Gasteiger partial charge in [-0.1, -0.05) is 0 Å². The minimum Gasteiger partial charge on any atom is -0.497 e. The smallest absolute Gasteiger partial charge is 0.344 e. The van der Waals surface area contributed by atoms with E-state index in [1.54, 1.807) is 42.5 Å². The van der Waals surface area contributed by atoms with Gasteiger partial charge in [0.2, 0.25) is 0 Å². The maximum atomic E-state index is 13.0. The van der Waals surface area contributed by atoms with Gasteiger partial charge in [-0.25, -0.2) is 13.2 Å². The van der Waals surface area contributed by atoms with E-state index in [-0.39, 0.29) is 4.90 Å². The van der Waals surface area contributed by atoms with E-state index in [0.29, 0.717) is 41.0 Å². The summed E-state index contributed by atoms with van der Waals surface area (Å²) in [6, 6.07) is 17.1. The average Bonchev–Trinajstić information content (AvgIpc) is 2.95. The van der Waals surface area contributed by atoms with Crippen molar-refractivity contribution in [2.75, 3.05) is 50.7 Å². The number of benzene rings is 3. The van der Waals surface area contributed by atoms with Gasteiger partial charge in [-0.2, -0.15) is 0 Å². The first-order chi connectivity index (χ1) is 18.7. The van der Waals surface area contributed by atoms with Crippen molar-refractivity contribution in [3.05, 3.63) is 66.7 Å². The van der Waals surface area contributed by atoms with E-state index < -0.39 is 35.1 Å². The summed E-state index contributed by atoms with van der Waals surface area (Å²) < 4.78 is 53.1. The Kier molecular flexibility index (Phi) is 9.98. The van der Waals surface area contributed by atoms with Crippen molar-refractivity contribution < 1.29 is 41.7 Å². The number of ether oxygens (including phenoxy) is 5. The van der Waals surface area contributed by atoms with Gasteiger partial charge in [-0.05, 0) is 67.6 Å². The predicted octanol–water partition coefficient (Wildman–Crippen LogP) is 3.49. The molecular formula is C27H30N2O9S. The Morgan fingerprint density at radius 2 is 1.44 bits per heavy atom. The Hall–Kier alpha value is -4.45. The summed E-state index contributed by atoms with van der Waals surface area (Å²) in [6.07, 6.45) is 0. The molecule has 1 amide bonds. The van der Waals surface area contributed by atoms with Crippen LogP contribution in [0.15, 0.2) is 71.6 Å². The molecule has 3 aromatic rings. The maximum Gasteiger partial charge on any atom is 0.344 e. The number of methoxy groups -OCH3 is 2. The molecule has 0 radical (unpaired) electrons. The highest BCUT2D eigenvalue weighted by molar-refractivity contribution is 7.92. The third kappa shape index (κ3) is 7.77. The average molecular weight is 559 g/mol. The summed E-state index contributed by atoms with van der Waals surface area (Å²) in [4.78, 5) is 24.3. The molecule has 39 heavy (non-hydrogen) atoms. The van der Waals surface area contributed by atoms with Gasteiger partial charge >= 0.3 is 5.97 Å². The zero-order chi connectivity index (χ0) is 28.4. The highest BCUT2D eigenvalue weighted by Gasteiger charge is 2.21. The van der Waals surface area contributed by atoms with Crippen LogP contribution in [0.5, 0.6) is 23.0 Å². The summed E-state index contributed by atoms with van der Waals surface area (Å²) in [5, 5.41) is 2.59. The largest absolute Gasteiger partial charge is 0.497 e. The summed E-state index contributed by atoms with van der Waals surface area (Å²) in [5.74, 6) is 0.521. The number of hydrogen-bond acceptors (Lipinski definition) is 9. The molecule has 0 aliphatic carbocycles. The summed E-state index contributed by atoms with van der Waals surface area (Å²) in [6.45, 7) is 1.35. The highest BCUT2D eigenvalue weighted by Crippen LogP contribution is 2.29. The fourth-order valence-corrected chi connectivity index (χ4v) is 4.54. The van der Waals surface area contributed by atoms with Crippen LogP contribution in [0.25, 0.3) is 0 Å². The highest BCUT2D eigenvalue weighted by atomic mass is 32.2. The first-order valence-electron chi connectivity index (χ1n) is 11.8. The van der Waals surface area contributed by atoms with Crippen LogP contribution in [-0.2, 0) is 24.3 Å². The Morgan fingerprint density at radius 1 is 0.821 bits per heavy atom. The minimum absolute atomic E-state index is 0.117. The molecule has 0 aliphatic rings. The van der Waals surface area contributed by atoms with Crippen LogP contribution in [0.2, 0.25) is 0 Å². The van der Waals surface area contributed by atoms with E-state index in [4.69, 9.17) is 23.7 Å². The number of sulfonamides is 1. The third-order valence-corrected chi connectivity index (χ3v) is 7.20. The topological polar surface area (TPSA) is 130 Å². The van der Waals surface area contributed by atoms with Gasteiger partial charge in [0.25, 0.3) is 15.9 Å². The zero-order valence-corrected chi connectivity index (χ0v) is 22.8. The molecule has 1 N–H and O–H groups in total. The van der Waals surface area contributed by atoms with Gasteiger partial charge in [-0.3, -0.25) is 9.10 Å². The van der Waals surface area contributed by atoms with E-state index in [1.165, 1.54) is 45.5 Å². The SMILES string of the molecule is CCOc1ccc(S(=O)(=O)N(C)c2ccc(OCC(=O)OCC(=O)Nc3ccc(OC)cc3OC)cc2)cc1. The predicted molar refractivity (Wildman–Crippen MR) is 144 cm³/mol. The number of hydrogen-bond donors (Lipinski definition) is 1. The second-order valence-corrected chi connectivity index (χ2v) is 9.90. The molecule has 0 saturated heterocycles. The molecule has 0 aromatic heterocycles. The van der Waals surface area contributed by atoms with Gasteiger partial charge in [-0.15, -0.1) is 0 Å². The molecule has 0 fully saturated rings. The third-order valence-electron chi connectivity index (χ3n) is 5.40. The molecule has 0 aliphatic heterocycles. The Balaban J connectivity index is 1.49. The van der Waals surface area contributed by atoms with E-state index in [0.717, 1.165) is 4.31 Å². The molecule has 0 spiro atoms. The fourth-order valence-electron chi connectivity index (χ4n) is 3.34. The number of esters is 1. The second-order valence-electron chi connectivity index (χ2n) is 7.93. The van der Waals surface area contributed by atoms with Crippen molar-refractivity contribution in [3.8, 4) is 23.0 Å². The normalized spacial score (nSPS) is 10.8. The first-order valence-corrected chi connectivity index (χ1v) is 13.2. The number of nitrogens with one attached hydrogen (secondary N) is 1. The molecular weight excluding hydrogens is 528 g/mol. The van der Waals surface area contributed by atoms with Crippen LogP contribution >= 0.6 is 0 Å². The molecule has 3 aromatic carbocycles. The fraction of sp³-hybridized carbons (Fsp3) is 0.259. The molecule has 0 bridgehead atoms. The number of carbonyl (C=O) groups is 2. The lowest BCUT2D eigenvalue weighted by molar-refractivity contribution is -0.149. The summed E-state index contributed by atoms with van der Waals surface area (Å²) in [7, 11) is 0.601. The van der Waals surface area contributed by atoms with Crippen LogP contribution in [0, 0.1) is 0 Å². The molecule has 208 valence electrons. The van der Waals surface area contributed by atoms with E-state index in [9.17, 15) is 18.0 Å². The van der Waals surface area contributed by atoms with Crippen molar-refractivity contribution in [1.82, 2.24) is 0 Å². The molecule has 11 nitrogen and oxygen atoms in total. The number of rotatable bonds is 13. The lowest BCUT2D eigenvalue weighted by Crippen LogP contribution is -2.26. The summed E-state index contributed by atoms with van der Waals surface area (Å²) >= 11 is 0. The Morgan fingerprint density at radius 3 is 2.05 bits per heavy atom. The van der Waals surface area contributed by atoms with Gasteiger partial charge in [0.1, 0.15) is 23.0 Å². The van der Waals surface area contributed by atoms with Gasteiger partial charge in [0, 0.05) is 13.1 Å². The van der Waals surface area contributed by atoms with E-state index in [2.05, 4.69) is 5.32 Å². The summed E-state index contributed by atoms with van der Waals surface area (Å²) in [5.41, 5.74) is 0.787. The van der Waals surface area contributed by atoms with Crippen molar-refractivity contribution in [3.63, 3.8) is 0 Å². The second kappa shape index (κ2) is 13.4. The Bertz CT molecular complexity index is 1380. The molecule has 0 saturated carbocycles. The number of anilines is 2. The van der Waals surface area contributed by atoms with Crippen LogP contribution in [-0.4, -0.2) is 61.4 Å². The van der Waals surface area contributed by atoms with Crippen molar-refractivity contribution in [2.24, 2.45) is 0 Å². The van der Waals surface area contributed by atoms with Crippen LogP contribution in [0.3, 0.4) is 0 Å². The number of amides is 1. The molecule has 12 heteroatoms. The van der Waals surface area contributed by atoms with E-state index >= 15 is 0 Å². The van der Waals surface area contributed by atoms with Crippen molar-refractivity contribution in [2.45, 2.75) is 11.8 Å². The van der Waals surface area contributed by atoms with Crippen LogP contribution < -0.4 is 28.6 Å². The zero-order valence-electron chi connectivity index (χ0n) is 22.0. The van der Waals surface area contributed by atoms with Crippen molar-refractivity contribution >= 4 is 33.3 Å². The van der Waals surface area contributed by atoms with Gasteiger partial charge < -0.3 is 29.0 Å². The first kappa shape index (κ1) is 29.1. The maximum absolute atomic E-state index is 13.0. The lowest BCUT2D eigenvalue weighted by Gasteiger charge is -2.20. The monoisotopic (exact) mass is 558 g/mol. The molecule has 3 rings (SSSR count). The lowest BCUT2D eigenvalue weighted by atomic mass is 10.2. The van der Waals surface area contributed by atoms with Crippen LogP contribution in [0.1, 0.15) is 6.92 Å². The Labute approximate surface area is 227 Å². The number of carbonyl (C=O) groups excluding carboxylic acids is 2. The number of nitrogens with zero attached hydrogens (tertiary/aromatic N) is 1. The molecule has 0 heterocycles.